The van der Waals surface area contributed by atoms with E-state index in [4.69, 9.17) is 0 Å². The highest BCUT2D eigenvalue weighted by atomic mass is 16.2. The quantitative estimate of drug-likeness (QED) is 0.857. The SMILES string of the molecule is Cc1ccc(NC(=O)c2cc(C)nc(N3CCN(C=O)CC3)n2)cc1. The maximum Gasteiger partial charge on any atom is 0.274 e. The van der Waals surface area contributed by atoms with Crippen molar-refractivity contribution in [1.82, 2.24) is 14.9 Å². The molecule has 1 N–H and O–H groups in total. The summed E-state index contributed by atoms with van der Waals surface area (Å²) in [5, 5.41) is 2.86. The number of carbonyl (C=O) groups is 2. The number of nitrogens with zero attached hydrogens (tertiary/aromatic N) is 4. The van der Waals surface area contributed by atoms with E-state index >= 15 is 0 Å². The Balaban J connectivity index is 1.75. The number of piperazine rings is 1. The highest BCUT2D eigenvalue weighted by molar-refractivity contribution is 6.03. The van der Waals surface area contributed by atoms with Crippen molar-refractivity contribution in [2.45, 2.75) is 13.8 Å². The number of rotatable bonds is 4. The second kappa shape index (κ2) is 7.29. The molecule has 0 aliphatic carbocycles. The third kappa shape index (κ3) is 4.12. The monoisotopic (exact) mass is 339 g/mol. The molecule has 7 nitrogen and oxygen atoms in total. The van der Waals surface area contributed by atoms with Gasteiger partial charge < -0.3 is 15.1 Å². The highest BCUT2D eigenvalue weighted by Crippen LogP contribution is 2.15. The second-order valence-electron chi connectivity index (χ2n) is 6.14. The summed E-state index contributed by atoms with van der Waals surface area (Å²) < 4.78 is 0. The normalized spacial score (nSPS) is 14.3. The first kappa shape index (κ1) is 16.9. The smallest absolute Gasteiger partial charge is 0.274 e. The summed E-state index contributed by atoms with van der Waals surface area (Å²) in [6.45, 7) is 6.41. The van der Waals surface area contributed by atoms with Crippen LogP contribution in [0, 0.1) is 13.8 Å². The zero-order valence-corrected chi connectivity index (χ0v) is 14.4. The summed E-state index contributed by atoms with van der Waals surface area (Å²) in [7, 11) is 0. The third-order valence-electron chi connectivity index (χ3n) is 4.13. The van der Waals surface area contributed by atoms with E-state index in [1.54, 1.807) is 11.0 Å². The molecule has 0 radical (unpaired) electrons. The van der Waals surface area contributed by atoms with E-state index in [0.717, 1.165) is 23.4 Å². The van der Waals surface area contributed by atoms with Gasteiger partial charge in [-0.1, -0.05) is 17.7 Å². The molecule has 1 aliphatic rings. The average molecular weight is 339 g/mol. The first-order valence-electron chi connectivity index (χ1n) is 8.23. The zero-order valence-electron chi connectivity index (χ0n) is 14.4. The zero-order chi connectivity index (χ0) is 17.8. The molecule has 130 valence electrons. The van der Waals surface area contributed by atoms with Gasteiger partial charge in [0.25, 0.3) is 5.91 Å². The number of hydrogen-bond donors (Lipinski definition) is 1. The first-order chi connectivity index (χ1) is 12.0. The van der Waals surface area contributed by atoms with Crippen LogP contribution in [-0.2, 0) is 4.79 Å². The summed E-state index contributed by atoms with van der Waals surface area (Å²) in [5.41, 5.74) is 2.93. The fourth-order valence-electron chi connectivity index (χ4n) is 2.67. The van der Waals surface area contributed by atoms with Crippen molar-refractivity contribution in [1.29, 1.82) is 0 Å². The topological polar surface area (TPSA) is 78.4 Å². The molecule has 3 rings (SSSR count). The van der Waals surface area contributed by atoms with Gasteiger partial charge >= 0.3 is 0 Å². The Morgan fingerprint density at radius 1 is 1.08 bits per heavy atom. The van der Waals surface area contributed by atoms with Gasteiger partial charge in [0.15, 0.2) is 0 Å². The van der Waals surface area contributed by atoms with Crippen LogP contribution in [0.25, 0.3) is 0 Å². The number of hydrogen-bond acceptors (Lipinski definition) is 5. The Morgan fingerprint density at radius 3 is 2.40 bits per heavy atom. The number of nitrogens with one attached hydrogen (secondary N) is 1. The number of amides is 2. The Hall–Kier alpha value is -2.96. The van der Waals surface area contributed by atoms with E-state index in [1.807, 2.05) is 43.0 Å². The lowest BCUT2D eigenvalue weighted by atomic mass is 10.2. The maximum absolute atomic E-state index is 12.5. The van der Waals surface area contributed by atoms with Crippen molar-refractivity contribution in [3.05, 3.63) is 47.3 Å². The Morgan fingerprint density at radius 2 is 1.76 bits per heavy atom. The van der Waals surface area contributed by atoms with Crippen LogP contribution in [0.15, 0.2) is 30.3 Å². The van der Waals surface area contributed by atoms with Crippen LogP contribution in [-0.4, -0.2) is 53.4 Å². The summed E-state index contributed by atoms with van der Waals surface area (Å²) >= 11 is 0. The van der Waals surface area contributed by atoms with Crippen LogP contribution in [0.3, 0.4) is 0 Å². The van der Waals surface area contributed by atoms with E-state index in [1.165, 1.54) is 0 Å². The molecule has 0 saturated carbocycles. The molecule has 2 amide bonds. The van der Waals surface area contributed by atoms with Gasteiger partial charge in [-0.05, 0) is 32.0 Å². The van der Waals surface area contributed by atoms with Gasteiger partial charge in [0, 0.05) is 37.6 Å². The van der Waals surface area contributed by atoms with Gasteiger partial charge in [0.1, 0.15) is 5.69 Å². The lowest BCUT2D eigenvalue weighted by molar-refractivity contribution is -0.118. The summed E-state index contributed by atoms with van der Waals surface area (Å²) in [5.74, 6) is 0.265. The van der Waals surface area contributed by atoms with Crippen LogP contribution in [0.4, 0.5) is 11.6 Å². The summed E-state index contributed by atoms with van der Waals surface area (Å²) in [6.07, 6.45) is 0.856. The van der Waals surface area contributed by atoms with Crippen molar-refractivity contribution in [3.8, 4) is 0 Å². The largest absolute Gasteiger partial charge is 0.342 e. The van der Waals surface area contributed by atoms with Crippen LogP contribution in [0.5, 0.6) is 0 Å². The first-order valence-corrected chi connectivity index (χ1v) is 8.23. The Kier molecular flexibility index (Phi) is 4.92. The van der Waals surface area contributed by atoms with E-state index in [9.17, 15) is 9.59 Å². The van der Waals surface area contributed by atoms with Crippen molar-refractivity contribution < 1.29 is 9.59 Å². The van der Waals surface area contributed by atoms with Crippen molar-refractivity contribution in [3.63, 3.8) is 0 Å². The molecular formula is C18H21N5O2. The third-order valence-corrected chi connectivity index (χ3v) is 4.13. The van der Waals surface area contributed by atoms with Crippen LogP contribution in [0.2, 0.25) is 0 Å². The van der Waals surface area contributed by atoms with Crippen LogP contribution < -0.4 is 10.2 Å². The van der Waals surface area contributed by atoms with Crippen molar-refractivity contribution in [2.75, 3.05) is 36.4 Å². The number of benzene rings is 1. The predicted octanol–water partition coefficient (Wildman–Crippen LogP) is 1.62. The molecule has 1 saturated heterocycles. The van der Waals surface area contributed by atoms with Gasteiger partial charge in [-0.25, -0.2) is 9.97 Å². The second-order valence-corrected chi connectivity index (χ2v) is 6.14. The maximum atomic E-state index is 12.5. The Bertz CT molecular complexity index is 768. The molecule has 1 aromatic heterocycles. The van der Waals surface area contributed by atoms with Gasteiger partial charge in [0.05, 0.1) is 0 Å². The van der Waals surface area contributed by atoms with Crippen molar-refractivity contribution >= 4 is 24.0 Å². The molecule has 1 fully saturated rings. The fourth-order valence-corrected chi connectivity index (χ4v) is 2.67. The van der Waals surface area contributed by atoms with E-state index in [-0.39, 0.29) is 5.91 Å². The number of aromatic nitrogens is 2. The van der Waals surface area contributed by atoms with Crippen molar-refractivity contribution in [2.24, 2.45) is 0 Å². The summed E-state index contributed by atoms with van der Waals surface area (Å²) in [4.78, 5) is 35.9. The van der Waals surface area contributed by atoms with E-state index in [2.05, 4.69) is 15.3 Å². The highest BCUT2D eigenvalue weighted by Gasteiger charge is 2.20. The number of anilines is 2. The molecule has 7 heteroatoms. The molecular weight excluding hydrogens is 318 g/mol. The predicted molar refractivity (Wildman–Crippen MR) is 95.8 cm³/mol. The molecule has 0 spiro atoms. The average Bonchev–Trinajstić information content (AvgIpc) is 2.63. The minimum Gasteiger partial charge on any atom is -0.342 e. The van der Waals surface area contributed by atoms with Crippen LogP contribution in [0.1, 0.15) is 21.7 Å². The molecule has 1 aliphatic heterocycles. The molecule has 2 heterocycles. The van der Waals surface area contributed by atoms with E-state index in [0.29, 0.717) is 37.8 Å². The molecule has 0 bridgehead atoms. The van der Waals surface area contributed by atoms with Gasteiger partial charge in [-0.2, -0.15) is 0 Å². The standard InChI is InChI=1S/C18H21N5O2/c1-13-3-5-15(6-4-13)20-17(25)16-11-14(2)19-18(21-16)23-9-7-22(12-24)8-10-23/h3-6,11-12H,7-10H2,1-2H3,(H,20,25). The van der Waals surface area contributed by atoms with Gasteiger partial charge in [0.2, 0.25) is 12.4 Å². The minimum atomic E-state index is -0.262. The lowest BCUT2D eigenvalue weighted by Crippen LogP contribution is -2.46. The molecule has 1 aromatic carbocycles. The lowest BCUT2D eigenvalue weighted by Gasteiger charge is -2.32. The van der Waals surface area contributed by atoms with Gasteiger partial charge in [-0.15, -0.1) is 0 Å². The number of aryl methyl sites for hydroxylation is 2. The number of carbonyl (C=O) groups excluding carboxylic acids is 2. The molecule has 2 aromatic rings. The summed E-state index contributed by atoms with van der Waals surface area (Å²) in [6, 6.07) is 9.29. The fraction of sp³-hybridized carbons (Fsp3) is 0.333. The molecule has 0 atom stereocenters. The van der Waals surface area contributed by atoms with E-state index < -0.39 is 0 Å². The molecule has 25 heavy (non-hydrogen) atoms. The molecule has 0 unspecified atom stereocenters. The Labute approximate surface area is 146 Å². The minimum absolute atomic E-state index is 0.262. The van der Waals surface area contributed by atoms with Gasteiger partial charge in [-0.3, -0.25) is 9.59 Å². The van der Waals surface area contributed by atoms with Crippen LogP contribution >= 0.6 is 0 Å².